The molecule has 0 aliphatic heterocycles. The van der Waals surface area contributed by atoms with Gasteiger partial charge in [-0.1, -0.05) is 79.1 Å². The lowest BCUT2D eigenvalue weighted by Gasteiger charge is -2.19. The minimum absolute atomic E-state index is 1.19. The predicted octanol–water partition coefficient (Wildman–Crippen LogP) is 8.01. The normalized spacial score (nSPS) is 11.2. The molecule has 1 heterocycles. The Bertz CT molecular complexity index is 420. The molecule has 150 valence electrons. The lowest BCUT2D eigenvalue weighted by atomic mass is 9.89. The fourth-order valence-corrected chi connectivity index (χ4v) is 3.93. The van der Waals surface area contributed by atoms with Gasteiger partial charge in [-0.25, -0.2) is 0 Å². The molecule has 0 spiro atoms. The van der Waals surface area contributed by atoms with Gasteiger partial charge in [-0.3, -0.25) is 4.98 Å². The molecule has 0 unspecified atom stereocenters. The van der Waals surface area contributed by atoms with E-state index in [1.807, 2.05) is 0 Å². The van der Waals surface area contributed by atoms with Gasteiger partial charge >= 0.3 is 0 Å². The summed E-state index contributed by atoms with van der Waals surface area (Å²) in [7, 11) is 0. The first kappa shape index (κ1) is 23.2. The van der Waals surface area contributed by atoms with Crippen LogP contribution in [0.3, 0.4) is 0 Å². The van der Waals surface area contributed by atoms with Crippen LogP contribution in [0.5, 0.6) is 0 Å². The molecule has 0 aromatic carbocycles. The number of aromatic nitrogens is 1. The van der Waals surface area contributed by atoms with Crippen molar-refractivity contribution < 1.29 is 0 Å². The first-order valence-electron chi connectivity index (χ1n) is 11.8. The van der Waals surface area contributed by atoms with Crippen LogP contribution in [-0.2, 0) is 25.7 Å². The van der Waals surface area contributed by atoms with E-state index in [4.69, 9.17) is 4.98 Å². The maximum absolute atomic E-state index is 5.00. The second kappa shape index (κ2) is 15.2. The molecule has 1 rings (SSSR count). The van der Waals surface area contributed by atoms with Crippen molar-refractivity contribution in [1.82, 2.24) is 4.98 Å². The average Bonchev–Trinajstić information content (AvgIpc) is 2.65. The van der Waals surface area contributed by atoms with Gasteiger partial charge in [0, 0.05) is 11.9 Å². The van der Waals surface area contributed by atoms with Crippen molar-refractivity contribution in [2.45, 2.75) is 130 Å². The van der Waals surface area contributed by atoms with E-state index >= 15 is 0 Å². The highest BCUT2D eigenvalue weighted by atomic mass is 14.7. The van der Waals surface area contributed by atoms with E-state index in [1.165, 1.54) is 108 Å². The van der Waals surface area contributed by atoms with Crippen molar-refractivity contribution in [2.24, 2.45) is 0 Å². The first-order chi connectivity index (χ1) is 12.8. The molecule has 0 saturated heterocycles. The third kappa shape index (κ3) is 8.69. The lowest BCUT2D eigenvalue weighted by molar-refractivity contribution is 0.656. The van der Waals surface area contributed by atoms with Gasteiger partial charge in [-0.05, 0) is 68.1 Å². The molecule has 0 bridgehead atoms. The fraction of sp³-hybridized carbons (Fsp3) is 0.800. The number of unbranched alkanes of at least 4 members (excludes halogenated alkanes) is 8. The van der Waals surface area contributed by atoms with Gasteiger partial charge in [-0.15, -0.1) is 0 Å². The average molecular weight is 360 g/mol. The summed E-state index contributed by atoms with van der Waals surface area (Å²) >= 11 is 0. The molecule has 1 heteroatoms. The van der Waals surface area contributed by atoms with Crippen molar-refractivity contribution in [1.29, 1.82) is 0 Å². The second-order valence-corrected chi connectivity index (χ2v) is 8.02. The number of hydrogen-bond acceptors (Lipinski definition) is 1. The SMILES string of the molecule is CCCCCc1cnc(CCCCC)c(CCCCC)c1CCCCC. The molecule has 0 radical (unpaired) electrons. The third-order valence-electron chi connectivity index (χ3n) is 5.60. The van der Waals surface area contributed by atoms with Crippen LogP contribution >= 0.6 is 0 Å². The van der Waals surface area contributed by atoms with E-state index in [2.05, 4.69) is 33.9 Å². The minimum atomic E-state index is 1.19. The smallest absolute Gasteiger partial charge is 0.0438 e. The van der Waals surface area contributed by atoms with Crippen molar-refractivity contribution in [3.63, 3.8) is 0 Å². The number of nitrogens with zero attached hydrogens (tertiary/aromatic N) is 1. The van der Waals surface area contributed by atoms with Crippen LogP contribution in [-0.4, -0.2) is 4.98 Å². The summed E-state index contributed by atoms with van der Waals surface area (Å²) in [6, 6.07) is 0. The Morgan fingerprint density at radius 3 is 1.54 bits per heavy atom. The Hall–Kier alpha value is -0.850. The zero-order chi connectivity index (χ0) is 19.0. The van der Waals surface area contributed by atoms with E-state index in [-0.39, 0.29) is 0 Å². The summed E-state index contributed by atoms with van der Waals surface area (Å²) in [6.07, 6.45) is 23.1. The first-order valence-corrected chi connectivity index (χ1v) is 11.8. The van der Waals surface area contributed by atoms with Crippen molar-refractivity contribution in [3.8, 4) is 0 Å². The molecule has 26 heavy (non-hydrogen) atoms. The lowest BCUT2D eigenvalue weighted by Crippen LogP contribution is -2.09. The number of pyridine rings is 1. The van der Waals surface area contributed by atoms with Gasteiger partial charge in [0.25, 0.3) is 0 Å². The molecule has 0 amide bonds. The summed E-state index contributed by atoms with van der Waals surface area (Å²) in [5, 5.41) is 0. The fourth-order valence-electron chi connectivity index (χ4n) is 3.93. The van der Waals surface area contributed by atoms with E-state index in [1.54, 1.807) is 16.7 Å². The highest BCUT2D eigenvalue weighted by Gasteiger charge is 2.14. The number of rotatable bonds is 16. The minimum Gasteiger partial charge on any atom is -0.261 e. The number of aryl methyl sites for hydroxylation is 2. The third-order valence-corrected chi connectivity index (χ3v) is 5.60. The van der Waals surface area contributed by atoms with E-state index in [0.29, 0.717) is 0 Å². The monoisotopic (exact) mass is 359 g/mol. The quantitative estimate of drug-likeness (QED) is 0.272. The van der Waals surface area contributed by atoms with Crippen LogP contribution in [0, 0.1) is 0 Å². The Kier molecular flexibility index (Phi) is 13.6. The van der Waals surface area contributed by atoms with Crippen molar-refractivity contribution in [3.05, 3.63) is 28.6 Å². The zero-order valence-electron chi connectivity index (χ0n) is 18.3. The van der Waals surface area contributed by atoms with Gasteiger partial charge in [0.1, 0.15) is 0 Å². The molecular formula is C25H45N. The standard InChI is InChI=1S/C25H45N/c1-5-9-13-17-22-21-26-25(20-16-12-8-4)24(19-15-11-7-3)23(22)18-14-10-6-2/h21H,5-20H2,1-4H3. The zero-order valence-corrected chi connectivity index (χ0v) is 18.3. The molecular weight excluding hydrogens is 314 g/mol. The summed E-state index contributed by atoms with van der Waals surface area (Å²) in [6.45, 7) is 9.22. The Morgan fingerprint density at radius 2 is 1.00 bits per heavy atom. The van der Waals surface area contributed by atoms with Crippen LogP contribution in [0.1, 0.15) is 127 Å². The molecule has 1 aromatic heterocycles. The van der Waals surface area contributed by atoms with Crippen LogP contribution in [0.2, 0.25) is 0 Å². The van der Waals surface area contributed by atoms with E-state index in [0.717, 1.165) is 0 Å². The van der Waals surface area contributed by atoms with E-state index in [9.17, 15) is 0 Å². The van der Waals surface area contributed by atoms with Crippen LogP contribution in [0.25, 0.3) is 0 Å². The molecule has 0 N–H and O–H groups in total. The number of hydrogen-bond donors (Lipinski definition) is 0. The summed E-state index contributed by atoms with van der Waals surface area (Å²) in [5.74, 6) is 0. The molecule has 1 nitrogen and oxygen atoms in total. The van der Waals surface area contributed by atoms with Crippen molar-refractivity contribution >= 4 is 0 Å². The van der Waals surface area contributed by atoms with Crippen LogP contribution in [0.15, 0.2) is 6.20 Å². The van der Waals surface area contributed by atoms with Gasteiger partial charge in [0.15, 0.2) is 0 Å². The Balaban J connectivity index is 3.04. The van der Waals surface area contributed by atoms with Gasteiger partial charge in [0.05, 0.1) is 0 Å². The molecule has 0 atom stereocenters. The maximum atomic E-state index is 5.00. The van der Waals surface area contributed by atoms with E-state index < -0.39 is 0 Å². The van der Waals surface area contributed by atoms with Crippen LogP contribution < -0.4 is 0 Å². The van der Waals surface area contributed by atoms with Crippen molar-refractivity contribution in [2.75, 3.05) is 0 Å². The molecule has 0 fully saturated rings. The highest BCUT2D eigenvalue weighted by molar-refractivity contribution is 5.37. The summed E-state index contributed by atoms with van der Waals surface area (Å²) < 4.78 is 0. The van der Waals surface area contributed by atoms with Gasteiger partial charge in [0.2, 0.25) is 0 Å². The Morgan fingerprint density at radius 1 is 0.538 bits per heavy atom. The topological polar surface area (TPSA) is 12.9 Å². The van der Waals surface area contributed by atoms with Gasteiger partial charge < -0.3 is 0 Å². The van der Waals surface area contributed by atoms with Crippen LogP contribution in [0.4, 0.5) is 0 Å². The molecule has 0 saturated carbocycles. The molecule has 1 aromatic rings. The maximum Gasteiger partial charge on any atom is 0.0438 e. The van der Waals surface area contributed by atoms with Gasteiger partial charge in [-0.2, -0.15) is 0 Å². The molecule has 0 aliphatic rings. The summed E-state index contributed by atoms with van der Waals surface area (Å²) in [4.78, 5) is 5.00. The molecule has 0 aliphatic carbocycles. The summed E-state index contributed by atoms with van der Waals surface area (Å²) in [5.41, 5.74) is 6.35. The Labute approximate surface area is 164 Å². The highest BCUT2D eigenvalue weighted by Crippen LogP contribution is 2.25. The largest absolute Gasteiger partial charge is 0.261 e. The predicted molar refractivity (Wildman–Crippen MR) is 117 cm³/mol. The second-order valence-electron chi connectivity index (χ2n) is 8.02.